The normalized spacial score (nSPS) is 24.2. The van der Waals surface area contributed by atoms with Gasteiger partial charge >= 0.3 is 0 Å². The van der Waals surface area contributed by atoms with Crippen LogP contribution in [-0.2, 0) is 11.2 Å². The van der Waals surface area contributed by atoms with Gasteiger partial charge in [0.15, 0.2) is 0 Å². The van der Waals surface area contributed by atoms with Crippen LogP contribution in [0, 0.1) is 11.8 Å². The zero-order valence-corrected chi connectivity index (χ0v) is 16.8. The highest BCUT2D eigenvalue weighted by Crippen LogP contribution is 2.32. The van der Waals surface area contributed by atoms with Gasteiger partial charge in [-0.25, -0.2) is 0 Å². The van der Waals surface area contributed by atoms with Crippen molar-refractivity contribution in [1.82, 2.24) is 10.6 Å². The Morgan fingerprint density at radius 2 is 1.85 bits per heavy atom. The number of piperidine rings is 1. The van der Waals surface area contributed by atoms with Crippen LogP contribution in [0.5, 0.6) is 5.75 Å². The first-order chi connectivity index (χ1) is 12.1. The zero-order chi connectivity index (χ0) is 17.6. The van der Waals surface area contributed by atoms with Crippen LogP contribution in [0.2, 0.25) is 0 Å². The summed E-state index contributed by atoms with van der Waals surface area (Å²) in [5, 5.41) is 6.73. The number of hydrogen-bond acceptors (Lipinski definition) is 3. The molecule has 0 radical (unpaired) electrons. The molecule has 3 rings (SSSR count). The number of fused-ring (bicyclic) bond motifs is 2. The molecule has 2 unspecified atom stereocenters. The topological polar surface area (TPSA) is 50.4 Å². The standard InChI is InChI=1S/C21H32N2O2.ClH/c1-15(2)14-25-20-7-3-16(4-8-20)9-10-22-21(24)13-17-11-18-5-6-19(12-17)23-18;/h3-4,7-8,15,17-19,23H,5-6,9-14H2,1-2H3,(H,22,24);1H. The second kappa shape index (κ2) is 10.2. The van der Waals surface area contributed by atoms with E-state index in [4.69, 9.17) is 4.74 Å². The predicted molar refractivity (Wildman–Crippen MR) is 108 cm³/mol. The maximum atomic E-state index is 12.2. The van der Waals surface area contributed by atoms with Crippen molar-refractivity contribution in [3.8, 4) is 5.75 Å². The van der Waals surface area contributed by atoms with Crippen molar-refractivity contribution in [3.63, 3.8) is 0 Å². The number of ether oxygens (including phenoxy) is 1. The average molecular weight is 381 g/mol. The molecule has 5 heteroatoms. The molecule has 0 saturated carbocycles. The van der Waals surface area contributed by atoms with Gasteiger partial charge in [0, 0.05) is 25.0 Å². The van der Waals surface area contributed by atoms with E-state index in [0.717, 1.165) is 18.8 Å². The molecule has 1 aromatic carbocycles. The molecular weight excluding hydrogens is 348 g/mol. The minimum atomic E-state index is 0. The SMILES string of the molecule is CC(C)COc1ccc(CCNC(=O)CC2CC3CCC(C2)N3)cc1.Cl. The maximum absolute atomic E-state index is 12.2. The number of amides is 1. The van der Waals surface area contributed by atoms with E-state index in [1.165, 1.54) is 31.2 Å². The zero-order valence-electron chi connectivity index (χ0n) is 16.0. The van der Waals surface area contributed by atoms with E-state index in [1.54, 1.807) is 0 Å². The maximum Gasteiger partial charge on any atom is 0.220 e. The first-order valence-corrected chi connectivity index (χ1v) is 9.83. The third-order valence-corrected chi connectivity index (χ3v) is 5.29. The van der Waals surface area contributed by atoms with Crippen molar-refractivity contribution in [2.75, 3.05) is 13.2 Å². The Labute approximate surface area is 163 Å². The smallest absolute Gasteiger partial charge is 0.220 e. The van der Waals surface area contributed by atoms with Gasteiger partial charge in [-0.2, -0.15) is 0 Å². The van der Waals surface area contributed by atoms with Crippen molar-refractivity contribution in [2.45, 2.75) is 64.5 Å². The molecule has 0 spiro atoms. The molecule has 26 heavy (non-hydrogen) atoms. The highest BCUT2D eigenvalue weighted by Gasteiger charge is 2.34. The summed E-state index contributed by atoms with van der Waals surface area (Å²) in [6, 6.07) is 9.54. The Kier molecular flexibility index (Phi) is 8.23. The van der Waals surface area contributed by atoms with Gasteiger partial charge in [0.05, 0.1) is 6.61 Å². The predicted octanol–water partition coefficient (Wildman–Crippen LogP) is 3.72. The van der Waals surface area contributed by atoms with Crippen molar-refractivity contribution >= 4 is 18.3 Å². The Morgan fingerprint density at radius 3 is 2.46 bits per heavy atom. The lowest BCUT2D eigenvalue weighted by atomic mass is 9.89. The first-order valence-electron chi connectivity index (χ1n) is 9.83. The number of rotatable bonds is 8. The molecule has 2 bridgehead atoms. The first kappa shape index (κ1) is 21.0. The summed E-state index contributed by atoms with van der Waals surface area (Å²) in [5.41, 5.74) is 1.23. The van der Waals surface area contributed by atoms with Gasteiger partial charge < -0.3 is 15.4 Å². The molecule has 2 atom stereocenters. The highest BCUT2D eigenvalue weighted by atomic mass is 35.5. The van der Waals surface area contributed by atoms with Gasteiger partial charge in [-0.15, -0.1) is 12.4 Å². The Balaban J connectivity index is 0.00000243. The van der Waals surface area contributed by atoms with Gasteiger partial charge in [-0.1, -0.05) is 26.0 Å². The van der Waals surface area contributed by atoms with Gasteiger partial charge in [0.2, 0.25) is 5.91 Å². The number of carbonyl (C=O) groups is 1. The second-order valence-electron chi connectivity index (χ2n) is 8.13. The summed E-state index contributed by atoms with van der Waals surface area (Å²) >= 11 is 0. The van der Waals surface area contributed by atoms with Crippen LogP contribution in [0.15, 0.2) is 24.3 Å². The Hall–Kier alpha value is -1.26. The molecule has 1 aromatic rings. The summed E-state index contributed by atoms with van der Waals surface area (Å²) in [7, 11) is 0. The van der Waals surface area contributed by atoms with Gasteiger partial charge in [0.25, 0.3) is 0 Å². The largest absolute Gasteiger partial charge is 0.493 e. The molecule has 4 nitrogen and oxygen atoms in total. The third kappa shape index (κ3) is 6.48. The fourth-order valence-corrected chi connectivity index (χ4v) is 4.04. The van der Waals surface area contributed by atoms with Crippen LogP contribution in [0.3, 0.4) is 0 Å². The van der Waals surface area contributed by atoms with Crippen molar-refractivity contribution in [2.24, 2.45) is 11.8 Å². The van der Waals surface area contributed by atoms with Crippen LogP contribution in [-0.4, -0.2) is 31.1 Å². The van der Waals surface area contributed by atoms with Crippen molar-refractivity contribution in [1.29, 1.82) is 0 Å². The molecule has 2 N–H and O–H groups in total. The minimum absolute atomic E-state index is 0. The molecule has 2 aliphatic heterocycles. The number of carbonyl (C=O) groups excluding carboxylic acids is 1. The summed E-state index contributed by atoms with van der Waals surface area (Å²) in [6.45, 7) is 5.74. The number of halogens is 1. The van der Waals surface area contributed by atoms with Crippen LogP contribution in [0.1, 0.15) is 51.5 Å². The van der Waals surface area contributed by atoms with Gasteiger partial charge in [0.1, 0.15) is 5.75 Å². The lowest BCUT2D eigenvalue weighted by Gasteiger charge is -2.28. The van der Waals surface area contributed by atoms with Gasteiger partial charge in [-0.05, 0) is 61.6 Å². The van der Waals surface area contributed by atoms with Crippen LogP contribution >= 0.6 is 12.4 Å². The van der Waals surface area contributed by atoms with Crippen molar-refractivity contribution in [3.05, 3.63) is 29.8 Å². The van der Waals surface area contributed by atoms with E-state index in [-0.39, 0.29) is 18.3 Å². The van der Waals surface area contributed by atoms with Crippen LogP contribution in [0.4, 0.5) is 0 Å². The average Bonchev–Trinajstić information content (AvgIpc) is 2.92. The Bertz CT molecular complexity index is 550. The lowest BCUT2D eigenvalue weighted by Crippen LogP contribution is -2.39. The number of benzene rings is 1. The highest BCUT2D eigenvalue weighted by molar-refractivity contribution is 5.85. The van der Waals surface area contributed by atoms with Gasteiger partial charge in [-0.3, -0.25) is 4.79 Å². The molecule has 2 heterocycles. The lowest BCUT2D eigenvalue weighted by molar-refractivity contribution is -0.122. The monoisotopic (exact) mass is 380 g/mol. The van der Waals surface area contributed by atoms with E-state index >= 15 is 0 Å². The molecule has 2 saturated heterocycles. The molecule has 2 aliphatic rings. The van der Waals surface area contributed by atoms with E-state index < -0.39 is 0 Å². The number of nitrogens with one attached hydrogen (secondary N) is 2. The summed E-state index contributed by atoms with van der Waals surface area (Å²) in [4.78, 5) is 12.2. The molecule has 1 amide bonds. The van der Waals surface area contributed by atoms with E-state index in [1.807, 2.05) is 12.1 Å². The quantitative estimate of drug-likeness (QED) is 0.722. The summed E-state index contributed by atoms with van der Waals surface area (Å²) in [6.07, 6.45) is 6.48. The summed E-state index contributed by atoms with van der Waals surface area (Å²) in [5.74, 6) is 2.23. The van der Waals surface area contributed by atoms with Crippen LogP contribution in [0.25, 0.3) is 0 Å². The molecule has 0 aromatic heterocycles. The third-order valence-electron chi connectivity index (χ3n) is 5.29. The van der Waals surface area contributed by atoms with Crippen LogP contribution < -0.4 is 15.4 Å². The van der Waals surface area contributed by atoms with E-state index in [0.29, 0.717) is 36.9 Å². The summed E-state index contributed by atoms with van der Waals surface area (Å²) < 4.78 is 5.70. The fourth-order valence-electron chi connectivity index (χ4n) is 4.04. The van der Waals surface area contributed by atoms with Crippen molar-refractivity contribution < 1.29 is 9.53 Å². The molecular formula is C21H33ClN2O2. The number of hydrogen-bond donors (Lipinski definition) is 2. The van der Waals surface area contributed by atoms with E-state index in [2.05, 4.69) is 36.6 Å². The second-order valence-corrected chi connectivity index (χ2v) is 8.13. The molecule has 146 valence electrons. The molecule has 0 aliphatic carbocycles. The minimum Gasteiger partial charge on any atom is -0.493 e. The Morgan fingerprint density at radius 1 is 1.19 bits per heavy atom. The molecule has 2 fully saturated rings. The van der Waals surface area contributed by atoms with E-state index in [9.17, 15) is 4.79 Å². The fraction of sp³-hybridized carbons (Fsp3) is 0.667.